The predicted molar refractivity (Wildman–Crippen MR) is 67.0 cm³/mol. The van der Waals surface area contributed by atoms with E-state index in [0.717, 1.165) is 22.6 Å². The maximum Gasteiger partial charge on any atom is 0.144 e. The molecule has 0 amide bonds. The summed E-state index contributed by atoms with van der Waals surface area (Å²) in [6, 6.07) is 13.2. The molecule has 0 aliphatic heterocycles. The zero-order valence-corrected chi connectivity index (χ0v) is 9.46. The van der Waals surface area contributed by atoms with Crippen molar-refractivity contribution in [2.75, 3.05) is 0 Å². The molecule has 2 aromatic heterocycles. The molecular formula is C14H12N2O. The van der Waals surface area contributed by atoms with Crippen LogP contribution in [-0.4, -0.2) is 14.5 Å². The van der Waals surface area contributed by atoms with Crippen molar-refractivity contribution in [3.05, 3.63) is 54.4 Å². The molecule has 0 aliphatic carbocycles. The van der Waals surface area contributed by atoms with Gasteiger partial charge in [-0.3, -0.25) is 4.40 Å². The van der Waals surface area contributed by atoms with Gasteiger partial charge < -0.3 is 5.11 Å². The Bertz CT molecular complexity index is 668. The fourth-order valence-electron chi connectivity index (χ4n) is 2.03. The number of imidazole rings is 1. The van der Waals surface area contributed by atoms with E-state index in [4.69, 9.17) is 0 Å². The molecule has 3 heteroatoms. The van der Waals surface area contributed by atoms with Gasteiger partial charge in [0.05, 0.1) is 11.7 Å². The quantitative estimate of drug-likeness (QED) is 0.690. The van der Waals surface area contributed by atoms with Crippen molar-refractivity contribution in [1.82, 2.24) is 9.38 Å². The molecule has 0 radical (unpaired) electrons. The molecule has 0 bridgehead atoms. The summed E-state index contributed by atoms with van der Waals surface area (Å²) in [5.74, 6) is 1.17. The number of rotatable bonds is 1. The van der Waals surface area contributed by atoms with Crippen molar-refractivity contribution in [1.29, 1.82) is 0 Å². The molecule has 0 unspecified atom stereocenters. The highest BCUT2D eigenvalue weighted by atomic mass is 16.3. The van der Waals surface area contributed by atoms with Gasteiger partial charge in [-0.2, -0.15) is 0 Å². The van der Waals surface area contributed by atoms with Crippen LogP contribution in [0.3, 0.4) is 0 Å². The van der Waals surface area contributed by atoms with E-state index >= 15 is 0 Å². The zero-order valence-electron chi connectivity index (χ0n) is 9.46. The van der Waals surface area contributed by atoms with E-state index in [1.807, 2.05) is 30.5 Å². The average molecular weight is 224 g/mol. The Morgan fingerprint density at radius 3 is 2.59 bits per heavy atom. The van der Waals surface area contributed by atoms with Crippen LogP contribution in [0.15, 0.2) is 48.7 Å². The normalized spacial score (nSPS) is 10.9. The lowest BCUT2D eigenvalue weighted by Gasteiger charge is -2.05. The van der Waals surface area contributed by atoms with Crippen LogP contribution in [0.5, 0.6) is 5.75 Å². The van der Waals surface area contributed by atoms with Gasteiger partial charge in [0.25, 0.3) is 0 Å². The van der Waals surface area contributed by atoms with E-state index in [0.29, 0.717) is 0 Å². The summed E-state index contributed by atoms with van der Waals surface area (Å²) < 4.78 is 2.10. The van der Waals surface area contributed by atoms with Crippen LogP contribution in [-0.2, 0) is 0 Å². The van der Waals surface area contributed by atoms with Crippen molar-refractivity contribution in [3.63, 3.8) is 0 Å². The summed E-state index contributed by atoms with van der Waals surface area (Å²) in [7, 11) is 0. The average Bonchev–Trinajstić information content (AvgIpc) is 2.75. The molecule has 0 saturated heterocycles. The van der Waals surface area contributed by atoms with Crippen LogP contribution in [0, 0.1) is 6.92 Å². The first-order valence-electron chi connectivity index (χ1n) is 5.48. The van der Waals surface area contributed by atoms with Gasteiger partial charge in [0, 0.05) is 11.3 Å². The number of phenolic OH excluding ortho intramolecular Hbond substituents is 1. The molecule has 17 heavy (non-hydrogen) atoms. The maximum atomic E-state index is 9.29. The number of nitrogens with zero attached hydrogens (tertiary/aromatic N) is 2. The summed E-state index contributed by atoms with van der Waals surface area (Å²) in [5.41, 5.74) is 3.22. The smallest absolute Gasteiger partial charge is 0.144 e. The molecule has 0 aliphatic rings. The van der Waals surface area contributed by atoms with Crippen LogP contribution in [0.2, 0.25) is 0 Å². The van der Waals surface area contributed by atoms with Gasteiger partial charge in [0.15, 0.2) is 0 Å². The molecule has 3 rings (SSSR count). The Morgan fingerprint density at radius 1 is 1.06 bits per heavy atom. The number of hydrogen-bond donors (Lipinski definition) is 1. The molecule has 84 valence electrons. The Morgan fingerprint density at radius 2 is 1.82 bits per heavy atom. The fraction of sp³-hybridized carbons (Fsp3) is 0.0714. The first-order chi connectivity index (χ1) is 8.25. The fourth-order valence-corrected chi connectivity index (χ4v) is 2.03. The Hall–Kier alpha value is -2.29. The molecule has 1 aromatic carbocycles. The molecule has 0 fully saturated rings. The number of fused-ring (bicyclic) bond motifs is 1. The van der Waals surface area contributed by atoms with Crippen molar-refractivity contribution in [2.45, 2.75) is 6.92 Å². The van der Waals surface area contributed by atoms with Gasteiger partial charge in [-0.25, -0.2) is 4.98 Å². The number of phenols is 1. The number of pyridine rings is 1. The first kappa shape index (κ1) is 9.90. The van der Waals surface area contributed by atoms with Crippen LogP contribution >= 0.6 is 0 Å². The second kappa shape index (κ2) is 3.63. The Kier molecular flexibility index (Phi) is 2.11. The summed E-state index contributed by atoms with van der Waals surface area (Å²) >= 11 is 0. The maximum absolute atomic E-state index is 9.29. The zero-order chi connectivity index (χ0) is 11.8. The highest BCUT2D eigenvalue weighted by Gasteiger charge is 2.07. The lowest BCUT2D eigenvalue weighted by atomic mass is 10.2. The second-order valence-electron chi connectivity index (χ2n) is 4.06. The van der Waals surface area contributed by atoms with Crippen molar-refractivity contribution >= 4 is 5.52 Å². The van der Waals surface area contributed by atoms with E-state index in [1.54, 1.807) is 12.1 Å². The van der Waals surface area contributed by atoms with E-state index in [-0.39, 0.29) is 5.75 Å². The highest BCUT2D eigenvalue weighted by Crippen LogP contribution is 2.23. The molecule has 2 heterocycles. The summed E-state index contributed by atoms with van der Waals surface area (Å²) in [6.45, 7) is 2.05. The van der Waals surface area contributed by atoms with Gasteiger partial charge in [-0.1, -0.05) is 6.07 Å². The van der Waals surface area contributed by atoms with Crippen molar-refractivity contribution in [3.8, 4) is 17.1 Å². The number of aryl methyl sites for hydroxylation is 1. The van der Waals surface area contributed by atoms with Gasteiger partial charge in [0.2, 0.25) is 0 Å². The molecule has 0 atom stereocenters. The lowest BCUT2D eigenvalue weighted by Crippen LogP contribution is -1.93. The van der Waals surface area contributed by atoms with E-state index in [2.05, 4.69) is 22.4 Å². The summed E-state index contributed by atoms with van der Waals surface area (Å²) in [6.07, 6.45) is 1.86. The number of hydrogen-bond acceptors (Lipinski definition) is 2. The van der Waals surface area contributed by atoms with Gasteiger partial charge in [-0.15, -0.1) is 0 Å². The first-order valence-corrected chi connectivity index (χ1v) is 5.48. The van der Waals surface area contributed by atoms with Gasteiger partial charge in [-0.05, 0) is 43.3 Å². The third-order valence-corrected chi connectivity index (χ3v) is 2.87. The van der Waals surface area contributed by atoms with Crippen LogP contribution in [0.4, 0.5) is 0 Å². The highest BCUT2D eigenvalue weighted by molar-refractivity contribution is 5.63. The largest absolute Gasteiger partial charge is 0.508 e. The van der Waals surface area contributed by atoms with Crippen molar-refractivity contribution < 1.29 is 5.11 Å². The van der Waals surface area contributed by atoms with Crippen LogP contribution in [0.1, 0.15) is 5.69 Å². The SMILES string of the molecule is Cc1cccc2cnc(-c3ccc(O)cc3)n12. The van der Waals surface area contributed by atoms with Gasteiger partial charge in [0.1, 0.15) is 11.6 Å². The standard InChI is InChI=1S/C14H12N2O/c1-10-3-2-4-12-9-15-14(16(10)12)11-5-7-13(17)8-6-11/h2-9,17H,1H3. The third kappa shape index (κ3) is 1.56. The monoisotopic (exact) mass is 224 g/mol. The van der Waals surface area contributed by atoms with Gasteiger partial charge >= 0.3 is 0 Å². The molecule has 1 N–H and O–H groups in total. The minimum absolute atomic E-state index is 0.270. The number of benzene rings is 1. The molecule has 3 aromatic rings. The third-order valence-electron chi connectivity index (χ3n) is 2.87. The molecule has 3 nitrogen and oxygen atoms in total. The summed E-state index contributed by atoms with van der Waals surface area (Å²) in [4.78, 5) is 4.44. The molecule has 0 spiro atoms. The molecule has 0 saturated carbocycles. The Labute approximate surface area is 99.0 Å². The Balaban J connectivity index is 2.27. The van der Waals surface area contributed by atoms with Crippen molar-refractivity contribution in [2.24, 2.45) is 0 Å². The summed E-state index contributed by atoms with van der Waals surface area (Å²) in [5, 5.41) is 9.29. The van der Waals surface area contributed by atoms with E-state index in [9.17, 15) is 5.11 Å². The lowest BCUT2D eigenvalue weighted by molar-refractivity contribution is 0.475. The minimum Gasteiger partial charge on any atom is -0.508 e. The topological polar surface area (TPSA) is 37.5 Å². The number of aromatic nitrogens is 2. The number of aromatic hydroxyl groups is 1. The minimum atomic E-state index is 0.270. The second-order valence-corrected chi connectivity index (χ2v) is 4.06. The predicted octanol–water partition coefficient (Wildman–Crippen LogP) is 3.02. The van der Waals surface area contributed by atoms with Crippen LogP contribution < -0.4 is 0 Å². The van der Waals surface area contributed by atoms with E-state index in [1.165, 1.54) is 0 Å². The van der Waals surface area contributed by atoms with Crippen LogP contribution in [0.25, 0.3) is 16.9 Å². The molecular weight excluding hydrogens is 212 g/mol. The van der Waals surface area contributed by atoms with E-state index < -0.39 is 0 Å².